The van der Waals surface area contributed by atoms with Gasteiger partial charge in [0, 0.05) is 17.5 Å². The number of ether oxygens (including phenoxy) is 1. The quantitative estimate of drug-likeness (QED) is 0.724. The Morgan fingerprint density at radius 2 is 2.04 bits per heavy atom. The van der Waals surface area contributed by atoms with E-state index in [1.54, 1.807) is 0 Å². The van der Waals surface area contributed by atoms with Crippen molar-refractivity contribution >= 4 is 17.7 Å². The van der Waals surface area contributed by atoms with Crippen molar-refractivity contribution in [2.24, 2.45) is 0 Å². The van der Waals surface area contributed by atoms with Crippen molar-refractivity contribution in [3.8, 4) is 5.75 Å². The van der Waals surface area contributed by atoms with Gasteiger partial charge in [0.1, 0.15) is 5.75 Å². The number of carbonyl (C=O) groups is 1. The summed E-state index contributed by atoms with van der Waals surface area (Å²) >= 11 is 2.01. The molecule has 2 rings (SSSR count). The molecule has 1 atom stereocenters. The van der Waals surface area contributed by atoms with Crippen LogP contribution in [0.3, 0.4) is 0 Å². The molecule has 0 saturated heterocycles. The Morgan fingerprint density at radius 3 is 2.78 bits per heavy atom. The topological polar surface area (TPSA) is 38.3 Å². The van der Waals surface area contributed by atoms with Crippen LogP contribution in [0.5, 0.6) is 5.75 Å². The zero-order valence-electron chi connectivity index (χ0n) is 14.3. The molecule has 3 nitrogen and oxygen atoms in total. The third-order valence-electron chi connectivity index (χ3n) is 4.33. The van der Waals surface area contributed by atoms with Gasteiger partial charge in [0.2, 0.25) is 0 Å². The third kappa shape index (κ3) is 6.09. The highest BCUT2D eigenvalue weighted by molar-refractivity contribution is 7.99. The SMILES string of the molecule is CCc1ccccc1O[C@@H](C)C(=O)NCCSC1CCCCC1. The highest BCUT2D eigenvalue weighted by atomic mass is 32.2. The summed E-state index contributed by atoms with van der Waals surface area (Å²) < 4.78 is 5.83. The number of thioether (sulfide) groups is 1. The molecule has 1 aliphatic rings. The highest BCUT2D eigenvalue weighted by Crippen LogP contribution is 2.27. The van der Waals surface area contributed by atoms with Gasteiger partial charge in [0.05, 0.1) is 0 Å². The van der Waals surface area contributed by atoms with Crippen LogP contribution in [0.1, 0.15) is 51.5 Å². The van der Waals surface area contributed by atoms with Crippen LogP contribution in [0.4, 0.5) is 0 Å². The Kier molecular flexibility index (Phi) is 7.80. The van der Waals surface area contributed by atoms with Gasteiger partial charge < -0.3 is 10.1 Å². The Hall–Kier alpha value is -1.16. The molecule has 128 valence electrons. The fourth-order valence-electron chi connectivity index (χ4n) is 2.93. The molecule has 0 radical (unpaired) electrons. The average Bonchev–Trinajstić information content (AvgIpc) is 2.60. The fraction of sp³-hybridized carbons (Fsp3) is 0.632. The molecule has 1 aromatic rings. The number of carbonyl (C=O) groups excluding carboxylic acids is 1. The maximum Gasteiger partial charge on any atom is 0.260 e. The van der Waals surface area contributed by atoms with Crippen molar-refractivity contribution in [3.05, 3.63) is 29.8 Å². The van der Waals surface area contributed by atoms with Crippen LogP contribution in [0.15, 0.2) is 24.3 Å². The lowest BCUT2D eigenvalue weighted by Crippen LogP contribution is -2.37. The second-order valence-corrected chi connectivity index (χ2v) is 7.55. The molecule has 1 amide bonds. The molecular formula is C19H29NO2S. The molecule has 4 heteroatoms. The van der Waals surface area contributed by atoms with Crippen molar-refractivity contribution in [1.82, 2.24) is 5.32 Å². The largest absolute Gasteiger partial charge is 0.481 e. The van der Waals surface area contributed by atoms with E-state index in [9.17, 15) is 4.79 Å². The predicted molar refractivity (Wildman–Crippen MR) is 98.3 cm³/mol. The summed E-state index contributed by atoms with van der Waals surface area (Å²) in [6.07, 6.45) is 7.25. The maximum absolute atomic E-state index is 12.2. The number of nitrogens with one attached hydrogen (secondary N) is 1. The molecular weight excluding hydrogens is 306 g/mol. The lowest BCUT2D eigenvalue weighted by Gasteiger charge is -2.21. The van der Waals surface area contributed by atoms with Crippen LogP contribution in [0, 0.1) is 0 Å². The van der Waals surface area contributed by atoms with Crippen LogP contribution in [0.2, 0.25) is 0 Å². The molecule has 23 heavy (non-hydrogen) atoms. The summed E-state index contributed by atoms with van der Waals surface area (Å²) in [4.78, 5) is 12.2. The van der Waals surface area contributed by atoms with Crippen LogP contribution >= 0.6 is 11.8 Å². The Balaban J connectivity index is 1.68. The molecule has 1 saturated carbocycles. The average molecular weight is 336 g/mol. The Morgan fingerprint density at radius 1 is 1.30 bits per heavy atom. The van der Waals surface area contributed by atoms with Crippen molar-refractivity contribution in [3.63, 3.8) is 0 Å². The molecule has 0 aromatic heterocycles. The summed E-state index contributed by atoms with van der Waals surface area (Å²) in [5, 5.41) is 3.79. The van der Waals surface area contributed by atoms with Crippen molar-refractivity contribution in [1.29, 1.82) is 0 Å². The number of amides is 1. The number of hydrogen-bond donors (Lipinski definition) is 1. The molecule has 1 fully saturated rings. The second-order valence-electron chi connectivity index (χ2n) is 6.14. The minimum absolute atomic E-state index is 0.0276. The van der Waals surface area contributed by atoms with Gasteiger partial charge in [-0.05, 0) is 37.8 Å². The van der Waals surface area contributed by atoms with E-state index in [2.05, 4.69) is 12.2 Å². The summed E-state index contributed by atoms with van der Waals surface area (Å²) in [7, 11) is 0. The molecule has 0 spiro atoms. The summed E-state index contributed by atoms with van der Waals surface area (Å²) in [6.45, 7) is 4.63. The number of aryl methyl sites for hydroxylation is 1. The molecule has 1 aromatic carbocycles. The Labute approximate surface area is 144 Å². The van der Waals surface area contributed by atoms with Gasteiger partial charge >= 0.3 is 0 Å². The van der Waals surface area contributed by atoms with Gasteiger partial charge in [-0.1, -0.05) is 44.4 Å². The lowest BCUT2D eigenvalue weighted by molar-refractivity contribution is -0.127. The van der Waals surface area contributed by atoms with E-state index in [0.29, 0.717) is 0 Å². The van der Waals surface area contributed by atoms with Gasteiger partial charge in [-0.2, -0.15) is 11.8 Å². The minimum atomic E-state index is -0.456. The van der Waals surface area contributed by atoms with E-state index in [1.165, 1.54) is 32.1 Å². The van der Waals surface area contributed by atoms with Crippen LogP contribution < -0.4 is 10.1 Å². The molecule has 1 aliphatic carbocycles. The molecule has 0 bridgehead atoms. The van der Waals surface area contributed by atoms with Crippen LogP contribution in [0.25, 0.3) is 0 Å². The zero-order chi connectivity index (χ0) is 16.5. The normalized spacial score (nSPS) is 16.8. The van der Waals surface area contributed by atoms with E-state index in [1.807, 2.05) is 43.0 Å². The minimum Gasteiger partial charge on any atom is -0.481 e. The fourth-order valence-corrected chi connectivity index (χ4v) is 4.15. The molecule has 0 heterocycles. The summed E-state index contributed by atoms with van der Waals surface area (Å²) in [5.74, 6) is 1.78. The van der Waals surface area contributed by atoms with Crippen LogP contribution in [-0.4, -0.2) is 29.6 Å². The van der Waals surface area contributed by atoms with Crippen molar-refractivity contribution in [2.45, 2.75) is 63.7 Å². The van der Waals surface area contributed by atoms with E-state index in [4.69, 9.17) is 4.74 Å². The van der Waals surface area contributed by atoms with Gasteiger partial charge in [-0.15, -0.1) is 0 Å². The third-order valence-corrected chi connectivity index (χ3v) is 5.72. The van der Waals surface area contributed by atoms with Crippen molar-refractivity contribution in [2.75, 3.05) is 12.3 Å². The predicted octanol–water partition coefficient (Wildman–Crippen LogP) is 4.20. The Bertz CT molecular complexity index is 486. The highest BCUT2D eigenvalue weighted by Gasteiger charge is 2.16. The molecule has 1 N–H and O–H groups in total. The summed E-state index contributed by atoms with van der Waals surface area (Å²) in [5.41, 5.74) is 1.14. The molecule has 0 aliphatic heterocycles. The van der Waals surface area contributed by atoms with Crippen LogP contribution in [-0.2, 0) is 11.2 Å². The number of para-hydroxylation sites is 1. The van der Waals surface area contributed by atoms with Gasteiger partial charge in [-0.3, -0.25) is 4.79 Å². The summed E-state index contributed by atoms with van der Waals surface area (Å²) in [6, 6.07) is 7.92. The van der Waals surface area contributed by atoms with Crippen molar-refractivity contribution < 1.29 is 9.53 Å². The van der Waals surface area contributed by atoms with E-state index in [-0.39, 0.29) is 5.91 Å². The first kappa shape index (κ1) is 18.2. The first-order chi connectivity index (χ1) is 11.2. The lowest BCUT2D eigenvalue weighted by atomic mass is 10.0. The first-order valence-corrected chi connectivity index (χ1v) is 9.89. The number of hydrogen-bond acceptors (Lipinski definition) is 3. The first-order valence-electron chi connectivity index (χ1n) is 8.84. The monoisotopic (exact) mass is 335 g/mol. The number of benzene rings is 1. The van der Waals surface area contributed by atoms with E-state index in [0.717, 1.165) is 35.3 Å². The van der Waals surface area contributed by atoms with Gasteiger partial charge in [0.15, 0.2) is 6.10 Å². The maximum atomic E-state index is 12.2. The second kappa shape index (κ2) is 9.86. The molecule has 0 unspecified atom stereocenters. The van der Waals surface area contributed by atoms with E-state index < -0.39 is 6.10 Å². The zero-order valence-corrected chi connectivity index (χ0v) is 15.2. The van der Waals surface area contributed by atoms with Gasteiger partial charge in [-0.25, -0.2) is 0 Å². The van der Waals surface area contributed by atoms with E-state index >= 15 is 0 Å². The standard InChI is InChI=1S/C19H29NO2S/c1-3-16-9-7-8-12-18(16)22-15(2)19(21)20-13-14-23-17-10-5-4-6-11-17/h7-9,12,15,17H,3-6,10-11,13-14H2,1-2H3,(H,20,21)/t15-/m0/s1. The van der Waals surface area contributed by atoms with Gasteiger partial charge in [0.25, 0.3) is 5.91 Å². The number of rotatable bonds is 8. The smallest absolute Gasteiger partial charge is 0.260 e.